The summed E-state index contributed by atoms with van der Waals surface area (Å²) < 4.78 is 13.6. The summed E-state index contributed by atoms with van der Waals surface area (Å²) >= 11 is 0. The number of halogens is 1. The van der Waals surface area contributed by atoms with Crippen molar-refractivity contribution in [3.63, 3.8) is 0 Å². The van der Waals surface area contributed by atoms with Crippen LogP contribution >= 0.6 is 0 Å². The number of nitrogens with two attached hydrogens (primary N) is 1. The molecule has 3 aromatic rings. The second kappa shape index (κ2) is 9.66. The molecule has 4 heteroatoms. The van der Waals surface area contributed by atoms with Crippen molar-refractivity contribution in [2.75, 3.05) is 11.4 Å². The van der Waals surface area contributed by atoms with Crippen LogP contribution in [0.15, 0.2) is 78.9 Å². The van der Waals surface area contributed by atoms with Crippen molar-refractivity contribution < 1.29 is 9.18 Å². The van der Waals surface area contributed by atoms with Crippen molar-refractivity contribution in [2.45, 2.75) is 38.6 Å². The second-order valence-corrected chi connectivity index (χ2v) is 9.26. The highest BCUT2D eigenvalue weighted by Crippen LogP contribution is 2.48. The van der Waals surface area contributed by atoms with Gasteiger partial charge >= 0.3 is 0 Å². The van der Waals surface area contributed by atoms with Gasteiger partial charge in [-0.2, -0.15) is 0 Å². The summed E-state index contributed by atoms with van der Waals surface area (Å²) in [4.78, 5) is 15.4. The van der Waals surface area contributed by atoms with E-state index in [9.17, 15) is 9.18 Å². The van der Waals surface area contributed by atoms with E-state index in [0.717, 1.165) is 29.7 Å². The molecule has 32 heavy (non-hydrogen) atoms. The quantitative estimate of drug-likeness (QED) is 0.476. The molecule has 2 N–H and O–H groups in total. The third-order valence-corrected chi connectivity index (χ3v) is 6.13. The number of amides is 1. The Kier molecular flexibility index (Phi) is 6.71. The minimum absolute atomic E-state index is 0.00783. The van der Waals surface area contributed by atoms with Gasteiger partial charge in [-0.3, -0.25) is 4.79 Å². The van der Waals surface area contributed by atoms with Gasteiger partial charge in [0.1, 0.15) is 5.82 Å². The topological polar surface area (TPSA) is 46.3 Å². The fourth-order valence-electron chi connectivity index (χ4n) is 4.48. The van der Waals surface area contributed by atoms with Gasteiger partial charge in [-0.05, 0) is 65.6 Å². The number of nitrogens with zero attached hydrogens (tertiary/aromatic N) is 1. The summed E-state index contributed by atoms with van der Waals surface area (Å²) in [7, 11) is 0. The van der Waals surface area contributed by atoms with Gasteiger partial charge in [-0.25, -0.2) is 4.39 Å². The van der Waals surface area contributed by atoms with Crippen molar-refractivity contribution in [2.24, 2.45) is 17.6 Å². The molecule has 1 aliphatic rings. The van der Waals surface area contributed by atoms with Gasteiger partial charge in [0.05, 0.1) is 0 Å². The van der Waals surface area contributed by atoms with E-state index in [0.29, 0.717) is 12.5 Å². The summed E-state index contributed by atoms with van der Waals surface area (Å²) in [5.74, 6) is 0.612. The zero-order valence-corrected chi connectivity index (χ0v) is 18.7. The molecule has 0 heterocycles. The van der Waals surface area contributed by atoms with Crippen molar-refractivity contribution in [1.82, 2.24) is 0 Å². The average Bonchev–Trinajstić information content (AvgIpc) is 3.58. The summed E-state index contributed by atoms with van der Waals surface area (Å²) in [6.07, 6.45) is 1.73. The third kappa shape index (κ3) is 5.25. The predicted molar refractivity (Wildman–Crippen MR) is 129 cm³/mol. The van der Waals surface area contributed by atoms with Crippen LogP contribution in [-0.4, -0.2) is 18.5 Å². The van der Waals surface area contributed by atoms with Crippen LogP contribution in [0.3, 0.4) is 0 Å². The number of rotatable bonds is 8. The molecule has 0 aliphatic heterocycles. The number of benzene rings is 3. The maximum absolute atomic E-state index is 13.6. The fraction of sp³-hybridized carbons (Fsp3) is 0.321. The molecule has 3 nitrogen and oxygen atoms in total. The normalized spacial score (nSPS) is 18.4. The molecule has 1 saturated carbocycles. The summed E-state index contributed by atoms with van der Waals surface area (Å²) in [5, 5.41) is 0. The maximum atomic E-state index is 13.6. The van der Waals surface area contributed by atoms with Crippen LogP contribution < -0.4 is 10.6 Å². The Hall–Kier alpha value is -2.98. The Morgan fingerprint density at radius 3 is 2.38 bits per heavy atom. The SMILES string of the molecule is CC(C)C[C@H](N)CN(C(=O)[C@@H]1C[C@H]1c1ccccc1)c1ccc(-c2cccc(F)c2)cc1. The van der Waals surface area contributed by atoms with Crippen LogP contribution in [0.1, 0.15) is 38.2 Å². The van der Waals surface area contributed by atoms with Gasteiger partial charge in [-0.15, -0.1) is 0 Å². The largest absolute Gasteiger partial charge is 0.326 e. The predicted octanol–water partition coefficient (Wildman–Crippen LogP) is 6.00. The highest BCUT2D eigenvalue weighted by atomic mass is 19.1. The third-order valence-electron chi connectivity index (χ3n) is 6.13. The van der Waals surface area contributed by atoms with E-state index in [1.807, 2.05) is 53.4 Å². The van der Waals surface area contributed by atoms with Crippen LogP contribution in [0, 0.1) is 17.7 Å². The van der Waals surface area contributed by atoms with Crippen molar-refractivity contribution in [3.05, 3.63) is 90.2 Å². The molecule has 0 saturated heterocycles. The zero-order valence-electron chi connectivity index (χ0n) is 18.7. The van der Waals surface area contributed by atoms with Crippen LogP contribution in [0.25, 0.3) is 11.1 Å². The van der Waals surface area contributed by atoms with Crippen molar-refractivity contribution in [1.29, 1.82) is 0 Å². The van der Waals surface area contributed by atoms with Gasteiger partial charge in [0, 0.05) is 24.2 Å². The highest BCUT2D eigenvalue weighted by Gasteiger charge is 2.46. The zero-order chi connectivity index (χ0) is 22.7. The van der Waals surface area contributed by atoms with Gasteiger partial charge < -0.3 is 10.6 Å². The van der Waals surface area contributed by atoms with E-state index in [2.05, 4.69) is 26.0 Å². The first-order valence-electron chi connectivity index (χ1n) is 11.4. The first-order chi connectivity index (χ1) is 15.4. The molecule has 0 aromatic heterocycles. The summed E-state index contributed by atoms with van der Waals surface area (Å²) in [6, 6.07) is 24.5. The lowest BCUT2D eigenvalue weighted by molar-refractivity contribution is -0.120. The number of anilines is 1. The van der Waals surface area contributed by atoms with E-state index >= 15 is 0 Å². The van der Waals surface area contributed by atoms with E-state index < -0.39 is 0 Å². The Morgan fingerprint density at radius 1 is 1.00 bits per heavy atom. The molecule has 1 fully saturated rings. The lowest BCUT2D eigenvalue weighted by Gasteiger charge is -2.27. The average molecular weight is 431 g/mol. The van der Waals surface area contributed by atoms with Gasteiger partial charge in [-0.1, -0.05) is 68.4 Å². The summed E-state index contributed by atoms with van der Waals surface area (Å²) in [6.45, 7) is 4.78. The molecule has 1 aliphatic carbocycles. The molecule has 166 valence electrons. The molecular formula is C28H31FN2O. The highest BCUT2D eigenvalue weighted by molar-refractivity contribution is 5.97. The summed E-state index contributed by atoms with van der Waals surface area (Å²) in [5.41, 5.74) is 10.2. The van der Waals surface area contributed by atoms with E-state index in [4.69, 9.17) is 5.73 Å². The molecule has 1 amide bonds. The van der Waals surface area contributed by atoms with E-state index in [1.165, 1.54) is 17.7 Å². The molecule has 4 rings (SSSR count). The Balaban J connectivity index is 1.56. The second-order valence-electron chi connectivity index (χ2n) is 9.26. The fourth-order valence-corrected chi connectivity index (χ4v) is 4.48. The molecule has 0 bridgehead atoms. The number of carbonyl (C=O) groups is 1. The van der Waals surface area contributed by atoms with Crippen LogP contribution in [0.4, 0.5) is 10.1 Å². The minimum atomic E-state index is -0.260. The van der Waals surface area contributed by atoms with E-state index in [1.54, 1.807) is 6.07 Å². The van der Waals surface area contributed by atoms with Crippen molar-refractivity contribution in [3.8, 4) is 11.1 Å². The smallest absolute Gasteiger partial charge is 0.230 e. The number of hydrogen-bond acceptors (Lipinski definition) is 2. The Morgan fingerprint density at radius 2 is 1.72 bits per heavy atom. The van der Waals surface area contributed by atoms with Gasteiger partial charge in [0.25, 0.3) is 0 Å². The lowest BCUT2D eigenvalue weighted by Crippen LogP contribution is -2.42. The molecule has 0 spiro atoms. The molecule has 0 unspecified atom stereocenters. The molecule has 3 atom stereocenters. The Labute approximate surface area is 190 Å². The van der Waals surface area contributed by atoms with E-state index in [-0.39, 0.29) is 29.6 Å². The lowest BCUT2D eigenvalue weighted by atomic mass is 10.0. The van der Waals surface area contributed by atoms with Crippen LogP contribution in [0.2, 0.25) is 0 Å². The molecule has 3 aromatic carbocycles. The monoisotopic (exact) mass is 430 g/mol. The molecular weight excluding hydrogens is 399 g/mol. The first kappa shape index (κ1) is 22.2. The van der Waals surface area contributed by atoms with Gasteiger partial charge in [0.2, 0.25) is 5.91 Å². The standard InChI is InChI=1S/C28H31FN2O/c1-19(2)15-24(30)18-31(28(32)27-17-26(27)21-7-4-3-5-8-21)25-13-11-20(12-14-25)22-9-6-10-23(29)16-22/h3-14,16,19,24,26-27H,15,17-18,30H2,1-2H3/t24-,26-,27+/m0/s1. The first-order valence-corrected chi connectivity index (χ1v) is 11.4. The Bertz CT molecular complexity index is 1050. The minimum Gasteiger partial charge on any atom is -0.326 e. The number of hydrogen-bond donors (Lipinski definition) is 1. The molecule has 0 radical (unpaired) electrons. The van der Waals surface area contributed by atoms with Gasteiger partial charge in [0.15, 0.2) is 0 Å². The number of carbonyl (C=O) groups excluding carboxylic acids is 1. The van der Waals surface area contributed by atoms with Crippen molar-refractivity contribution >= 4 is 11.6 Å². The van der Waals surface area contributed by atoms with Crippen LogP contribution in [0.5, 0.6) is 0 Å². The van der Waals surface area contributed by atoms with Crippen LogP contribution in [-0.2, 0) is 4.79 Å². The maximum Gasteiger partial charge on any atom is 0.230 e.